The summed E-state index contributed by atoms with van der Waals surface area (Å²) in [5.41, 5.74) is -1.62. The van der Waals surface area contributed by atoms with Crippen molar-refractivity contribution in [1.82, 2.24) is 15.3 Å². The molecule has 1 aliphatic rings. The van der Waals surface area contributed by atoms with Gasteiger partial charge in [-0.3, -0.25) is 9.78 Å². The van der Waals surface area contributed by atoms with Gasteiger partial charge in [-0.15, -0.1) is 0 Å². The van der Waals surface area contributed by atoms with E-state index in [1.54, 1.807) is 6.20 Å². The number of amides is 1. The highest BCUT2D eigenvalue weighted by Crippen LogP contribution is 2.34. The van der Waals surface area contributed by atoms with Crippen LogP contribution in [0.25, 0.3) is 11.0 Å². The standard InChI is InChI=1S/C26H19F6N5O2/c27-17-12-20(36-25(38)14-2-1-3-15(10-14)26(30,31)32)22(28)23(29)24(17)39-16-4-5-18-19(11-16)35-21(13-34-18)37-8-6-33-7-9-37/h1-5,10-13,33H,6-9H2,(H,36,38). The van der Waals surface area contributed by atoms with Gasteiger partial charge < -0.3 is 20.3 Å². The molecule has 3 aromatic carbocycles. The molecule has 7 nitrogen and oxygen atoms in total. The maximum Gasteiger partial charge on any atom is 0.416 e. The third kappa shape index (κ3) is 5.58. The minimum atomic E-state index is -4.72. The van der Waals surface area contributed by atoms with Crippen molar-refractivity contribution in [3.05, 3.63) is 83.3 Å². The molecule has 13 heteroatoms. The van der Waals surface area contributed by atoms with Crippen molar-refractivity contribution in [3.8, 4) is 11.5 Å². The van der Waals surface area contributed by atoms with Crippen LogP contribution in [-0.4, -0.2) is 42.1 Å². The third-order valence-electron chi connectivity index (χ3n) is 5.98. The second-order valence-electron chi connectivity index (χ2n) is 8.61. The number of hydrogen-bond donors (Lipinski definition) is 2. The van der Waals surface area contributed by atoms with E-state index in [1.165, 1.54) is 18.2 Å². The maximum atomic E-state index is 14.8. The van der Waals surface area contributed by atoms with E-state index >= 15 is 0 Å². The van der Waals surface area contributed by atoms with Gasteiger partial charge in [-0.05, 0) is 30.3 Å². The second-order valence-corrected chi connectivity index (χ2v) is 8.61. The predicted molar refractivity (Wildman–Crippen MR) is 130 cm³/mol. The van der Waals surface area contributed by atoms with E-state index in [2.05, 4.69) is 15.3 Å². The van der Waals surface area contributed by atoms with Crippen LogP contribution in [0.4, 0.5) is 37.8 Å². The topological polar surface area (TPSA) is 79.4 Å². The predicted octanol–water partition coefficient (Wildman–Crippen LogP) is 5.52. The van der Waals surface area contributed by atoms with E-state index in [9.17, 15) is 31.1 Å². The van der Waals surface area contributed by atoms with Gasteiger partial charge in [-0.2, -0.15) is 17.6 Å². The van der Waals surface area contributed by atoms with Crippen LogP contribution in [0.5, 0.6) is 11.5 Å². The van der Waals surface area contributed by atoms with Gasteiger partial charge in [-0.1, -0.05) is 6.07 Å². The lowest BCUT2D eigenvalue weighted by Gasteiger charge is -2.28. The molecule has 4 aromatic rings. The van der Waals surface area contributed by atoms with Gasteiger partial charge in [0.15, 0.2) is 11.6 Å². The number of alkyl halides is 3. The molecule has 202 valence electrons. The summed E-state index contributed by atoms with van der Waals surface area (Å²) in [6, 6.07) is 8.07. The number of aromatic nitrogens is 2. The Kier molecular flexibility index (Phi) is 7.00. The number of fused-ring (bicyclic) bond motifs is 1. The summed E-state index contributed by atoms with van der Waals surface area (Å²) in [4.78, 5) is 23.3. The molecule has 5 rings (SSSR count). The molecule has 0 saturated carbocycles. The van der Waals surface area contributed by atoms with Crippen molar-refractivity contribution in [2.45, 2.75) is 6.18 Å². The molecule has 0 spiro atoms. The Balaban J connectivity index is 1.38. The molecule has 1 aromatic heterocycles. The Hall–Kier alpha value is -4.39. The second kappa shape index (κ2) is 10.4. The van der Waals surface area contributed by atoms with E-state index in [0.29, 0.717) is 29.0 Å². The van der Waals surface area contributed by atoms with Crippen molar-refractivity contribution in [3.63, 3.8) is 0 Å². The number of piperazine rings is 1. The Bertz CT molecular complexity index is 1560. The van der Waals surface area contributed by atoms with E-state index in [4.69, 9.17) is 4.74 Å². The first kappa shape index (κ1) is 26.2. The van der Waals surface area contributed by atoms with E-state index in [-0.39, 0.29) is 5.75 Å². The first-order chi connectivity index (χ1) is 18.6. The van der Waals surface area contributed by atoms with Crippen LogP contribution in [0.15, 0.2) is 54.7 Å². The summed E-state index contributed by atoms with van der Waals surface area (Å²) in [6.07, 6.45) is -3.10. The zero-order chi connectivity index (χ0) is 27.7. The minimum Gasteiger partial charge on any atom is -0.451 e. The zero-order valence-corrected chi connectivity index (χ0v) is 20.0. The van der Waals surface area contributed by atoms with Gasteiger partial charge in [0.2, 0.25) is 11.6 Å². The quantitative estimate of drug-likeness (QED) is 0.253. The lowest BCUT2D eigenvalue weighted by Crippen LogP contribution is -2.43. The maximum absolute atomic E-state index is 14.8. The first-order valence-electron chi connectivity index (χ1n) is 11.7. The number of rotatable bonds is 5. The molecule has 0 radical (unpaired) electrons. The summed E-state index contributed by atoms with van der Waals surface area (Å²) in [6.45, 7) is 3.01. The zero-order valence-electron chi connectivity index (χ0n) is 20.0. The van der Waals surface area contributed by atoms with Crippen LogP contribution in [0.2, 0.25) is 0 Å². The highest BCUT2D eigenvalue weighted by Gasteiger charge is 2.31. The normalized spacial score (nSPS) is 13.9. The molecule has 39 heavy (non-hydrogen) atoms. The summed E-state index contributed by atoms with van der Waals surface area (Å²) in [5, 5.41) is 5.12. The fourth-order valence-electron chi connectivity index (χ4n) is 4.00. The van der Waals surface area contributed by atoms with Gasteiger partial charge in [0.1, 0.15) is 11.6 Å². The number of carbonyl (C=O) groups is 1. The SMILES string of the molecule is O=C(Nc1cc(F)c(Oc2ccc3ncc(N4CCNCC4)nc3c2)c(F)c1F)c1cccc(C(F)(F)F)c1. The van der Waals surface area contributed by atoms with Gasteiger partial charge in [0.05, 0.1) is 28.5 Å². The van der Waals surface area contributed by atoms with Gasteiger partial charge in [0, 0.05) is 43.9 Å². The average molecular weight is 547 g/mol. The van der Waals surface area contributed by atoms with Crippen LogP contribution in [-0.2, 0) is 6.18 Å². The third-order valence-corrected chi connectivity index (χ3v) is 5.98. The Morgan fingerprint density at radius 3 is 2.49 bits per heavy atom. The molecule has 2 N–H and O–H groups in total. The molecule has 0 aliphatic carbocycles. The highest BCUT2D eigenvalue weighted by atomic mass is 19.4. The van der Waals surface area contributed by atoms with Gasteiger partial charge in [-0.25, -0.2) is 13.8 Å². The van der Waals surface area contributed by atoms with Crippen LogP contribution < -0.4 is 20.3 Å². The van der Waals surface area contributed by atoms with Crippen molar-refractivity contribution >= 4 is 28.4 Å². The van der Waals surface area contributed by atoms with Crippen LogP contribution in [0.1, 0.15) is 15.9 Å². The first-order valence-corrected chi connectivity index (χ1v) is 11.7. The number of carbonyl (C=O) groups excluding carboxylic acids is 1. The Labute approximate surface area is 217 Å². The summed E-state index contributed by atoms with van der Waals surface area (Å²) < 4.78 is 88.4. The number of anilines is 2. The molecule has 0 bridgehead atoms. The summed E-state index contributed by atoms with van der Waals surface area (Å²) in [5.74, 6) is -6.45. The van der Waals surface area contributed by atoms with Crippen molar-refractivity contribution in [2.75, 3.05) is 36.4 Å². The largest absolute Gasteiger partial charge is 0.451 e. The molecule has 0 atom stereocenters. The number of nitrogens with one attached hydrogen (secondary N) is 2. The van der Waals surface area contributed by atoms with Crippen molar-refractivity contribution < 1.29 is 35.9 Å². The Morgan fingerprint density at radius 2 is 1.74 bits per heavy atom. The van der Waals surface area contributed by atoms with Crippen molar-refractivity contribution in [1.29, 1.82) is 0 Å². The lowest BCUT2D eigenvalue weighted by molar-refractivity contribution is -0.137. The molecule has 2 heterocycles. The van der Waals surface area contributed by atoms with Crippen LogP contribution in [0.3, 0.4) is 0 Å². The number of nitrogens with zero attached hydrogens (tertiary/aromatic N) is 3. The number of hydrogen-bond acceptors (Lipinski definition) is 6. The van der Waals surface area contributed by atoms with E-state index in [0.717, 1.165) is 44.4 Å². The Morgan fingerprint density at radius 1 is 0.974 bits per heavy atom. The smallest absolute Gasteiger partial charge is 0.416 e. The lowest BCUT2D eigenvalue weighted by atomic mass is 10.1. The highest BCUT2D eigenvalue weighted by molar-refractivity contribution is 6.04. The fourth-order valence-corrected chi connectivity index (χ4v) is 4.00. The van der Waals surface area contributed by atoms with E-state index in [1.807, 2.05) is 10.2 Å². The molecular weight excluding hydrogens is 528 g/mol. The molecule has 1 aliphatic heterocycles. The molecule has 1 fully saturated rings. The van der Waals surface area contributed by atoms with Crippen LogP contribution in [0, 0.1) is 17.5 Å². The molecule has 1 amide bonds. The summed E-state index contributed by atoms with van der Waals surface area (Å²) in [7, 11) is 0. The number of ether oxygens (including phenoxy) is 1. The van der Waals surface area contributed by atoms with Crippen LogP contribution >= 0.6 is 0 Å². The number of benzene rings is 3. The molecule has 1 saturated heterocycles. The van der Waals surface area contributed by atoms with Crippen molar-refractivity contribution in [2.24, 2.45) is 0 Å². The van der Waals surface area contributed by atoms with Gasteiger partial charge in [0.25, 0.3) is 5.91 Å². The molecular formula is C26H19F6N5O2. The monoisotopic (exact) mass is 547 g/mol. The summed E-state index contributed by atoms with van der Waals surface area (Å²) >= 11 is 0. The number of halogens is 6. The van der Waals surface area contributed by atoms with Gasteiger partial charge >= 0.3 is 6.18 Å². The fraction of sp³-hybridized carbons (Fsp3) is 0.192. The minimum absolute atomic E-state index is 0.0489. The molecule has 0 unspecified atom stereocenters. The average Bonchev–Trinajstić information content (AvgIpc) is 2.93. The van der Waals surface area contributed by atoms with E-state index < -0.39 is 52.1 Å².